The highest BCUT2D eigenvalue weighted by Gasteiger charge is 2.29. The third kappa shape index (κ3) is 4.92. The van der Waals surface area contributed by atoms with Crippen molar-refractivity contribution in [1.82, 2.24) is 5.32 Å². The van der Waals surface area contributed by atoms with Crippen LogP contribution in [0.2, 0.25) is 0 Å². The molecular weight excluding hydrogens is 362 g/mol. The van der Waals surface area contributed by atoms with Crippen LogP contribution in [0.5, 0.6) is 5.75 Å². The van der Waals surface area contributed by atoms with Crippen molar-refractivity contribution in [2.24, 2.45) is 0 Å². The molecule has 2 aromatic rings. The molecule has 0 amide bonds. The first-order valence-corrected chi connectivity index (χ1v) is 8.08. The summed E-state index contributed by atoms with van der Waals surface area (Å²) in [5.74, 6) is -0.503. The second-order valence-corrected chi connectivity index (χ2v) is 6.74. The van der Waals surface area contributed by atoms with Crippen LogP contribution in [-0.4, -0.2) is 41.0 Å². The topological polar surface area (TPSA) is 78.8 Å². The first kappa shape index (κ1) is 17.7. The zero-order valence-corrected chi connectivity index (χ0v) is 14.6. The van der Waals surface area contributed by atoms with Crippen LogP contribution in [0.15, 0.2) is 40.9 Å². The van der Waals surface area contributed by atoms with Gasteiger partial charge in [0.2, 0.25) is 0 Å². The van der Waals surface area contributed by atoms with Gasteiger partial charge in [0.1, 0.15) is 12.4 Å². The summed E-state index contributed by atoms with van der Waals surface area (Å²) in [5.41, 5.74) is -1.79. The number of carbonyl (C=O) groups is 1. The monoisotopic (exact) mass is 381 g/mol. The first-order chi connectivity index (χ1) is 10.8. The highest BCUT2D eigenvalue weighted by molar-refractivity contribution is 9.10. The molecule has 0 saturated heterocycles. The number of rotatable bonds is 7. The lowest BCUT2D eigenvalue weighted by atomic mass is 10.1. The molecule has 0 heterocycles. The largest absolute Gasteiger partial charge is 0.492 e. The minimum absolute atomic E-state index is 0.0430. The number of carboxylic acids is 1. The van der Waals surface area contributed by atoms with E-state index in [-0.39, 0.29) is 12.6 Å². The van der Waals surface area contributed by atoms with E-state index in [0.717, 1.165) is 21.0 Å². The molecule has 2 unspecified atom stereocenters. The van der Waals surface area contributed by atoms with Gasteiger partial charge in [-0.05, 0) is 48.9 Å². The Balaban J connectivity index is 1.90. The van der Waals surface area contributed by atoms with E-state index >= 15 is 0 Å². The molecule has 0 aliphatic heterocycles. The van der Waals surface area contributed by atoms with Gasteiger partial charge in [-0.2, -0.15) is 0 Å². The van der Waals surface area contributed by atoms with Crippen LogP contribution in [0.25, 0.3) is 10.8 Å². The van der Waals surface area contributed by atoms with Crippen molar-refractivity contribution in [1.29, 1.82) is 0 Å². The van der Waals surface area contributed by atoms with Gasteiger partial charge >= 0.3 is 5.97 Å². The molecule has 124 valence electrons. The number of benzene rings is 2. The van der Waals surface area contributed by atoms with Gasteiger partial charge in [-0.25, -0.2) is 4.79 Å². The Labute approximate surface area is 143 Å². The van der Waals surface area contributed by atoms with Gasteiger partial charge in [-0.3, -0.25) is 0 Å². The van der Waals surface area contributed by atoms with E-state index in [0.29, 0.717) is 6.61 Å². The van der Waals surface area contributed by atoms with Gasteiger partial charge in [0.05, 0.1) is 0 Å². The summed E-state index contributed by atoms with van der Waals surface area (Å²) < 4.78 is 6.76. The van der Waals surface area contributed by atoms with Crippen LogP contribution in [0.1, 0.15) is 13.8 Å². The normalized spacial score (nSPS) is 15.1. The highest BCUT2D eigenvalue weighted by Crippen LogP contribution is 2.24. The minimum atomic E-state index is -1.79. The van der Waals surface area contributed by atoms with E-state index < -0.39 is 11.6 Å². The third-order valence-corrected chi connectivity index (χ3v) is 4.02. The number of hydrogen-bond donors (Lipinski definition) is 3. The van der Waals surface area contributed by atoms with E-state index in [4.69, 9.17) is 9.84 Å². The maximum Gasteiger partial charge on any atom is 0.336 e. The molecule has 3 N–H and O–H groups in total. The molecule has 2 aromatic carbocycles. The molecular formula is C17H20BrNO4. The van der Waals surface area contributed by atoms with Crippen molar-refractivity contribution in [3.05, 3.63) is 40.9 Å². The van der Waals surface area contributed by atoms with Crippen LogP contribution in [-0.2, 0) is 4.79 Å². The SMILES string of the molecule is CC(COc1ccc2cc(Br)ccc2c1)NCC(C)(O)C(=O)O. The molecule has 0 radical (unpaired) electrons. The summed E-state index contributed by atoms with van der Waals surface area (Å²) in [6.45, 7) is 3.46. The van der Waals surface area contributed by atoms with E-state index in [9.17, 15) is 9.90 Å². The number of hydrogen-bond acceptors (Lipinski definition) is 4. The number of fused-ring (bicyclic) bond motifs is 1. The lowest BCUT2D eigenvalue weighted by Crippen LogP contribution is -2.48. The summed E-state index contributed by atoms with van der Waals surface area (Å²) in [5, 5.41) is 23.7. The second kappa shape index (κ2) is 7.29. The first-order valence-electron chi connectivity index (χ1n) is 7.29. The van der Waals surface area contributed by atoms with Crippen molar-refractivity contribution < 1.29 is 19.7 Å². The van der Waals surface area contributed by atoms with Crippen LogP contribution >= 0.6 is 15.9 Å². The molecule has 0 spiro atoms. The standard InChI is InChI=1S/C17H20BrNO4/c1-11(19-10-17(2,22)16(20)21)9-23-15-6-4-12-7-14(18)5-3-13(12)8-15/h3-8,11,19,22H,9-10H2,1-2H3,(H,20,21). The molecule has 6 heteroatoms. The fourth-order valence-corrected chi connectivity index (χ4v) is 2.39. The molecule has 0 aromatic heterocycles. The zero-order chi connectivity index (χ0) is 17.0. The van der Waals surface area contributed by atoms with Crippen LogP contribution in [0.4, 0.5) is 0 Å². The number of aliphatic carboxylic acids is 1. The van der Waals surface area contributed by atoms with Crippen molar-refractivity contribution in [3.63, 3.8) is 0 Å². The van der Waals surface area contributed by atoms with Gasteiger partial charge in [0.15, 0.2) is 5.60 Å². The molecule has 5 nitrogen and oxygen atoms in total. The summed E-state index contributed by atoms with van der Waals surface area (Å²) in [7, 11) is 0. The van der Waals surface area contributed by atoms with E-state index in [1.165, 1.54) is 6.92 Å². The number of halogens is 1. The van der Waals surface area contributed by atoms with Gasteiger partial charge in [-0.1, -0.05) is 28.1 Å². The molecule has 0 saturated carbocycles. The van der Waals surface area contributed by atoms with Crippen molar-refractivity contribution in [3.8, 4) is 5.75 Å². The Hall–Kier alpha value is -1.63. The van der Waals surface area contributed by atoms with Crippen molar-refractivity contribution in [2.45, 2.75) is 25.5 Å². The van der Waals surface area contributed by atoms with Gasteiger partial charge in [-0.15, -0.1) is 0 Å². The quantitative estimate of drug-likeness (QED) is 0.687. The Morgan fingerprint density at radius 1 is 1.30 bits per heavy atom. The fraction of sp³-hybridized carbons (Fsp3) is 0.353. The Bertz CT molecular complexity index is 702. The molecule has 0 bridgehead atoms. The van der Waals surface area contributed by atoms with Gasteiger partial charge in [0.25, 0.3) is 0 Å². The van der Waals surface area contributed by atoms with Gasteiger partial charge < -0.3 is 20.3 Å². The zero-order valence-electron chi connectivity index (χ0n) is 13.0. The molecule has 0 aliphatic rings. The number of ether oxygens (including phenoxy) is 1. The minimum Gasteiger partial charge on any atom is -0.492 e. The second-order valence-electron chi connectivity index (χ2n) is 5.83. The van der Waals surface area contributed by atoms with Crippen LogP contribution in [0.3, 0.4) is 0 Å². The molecule has 2 rings (SSSR count). The summed E-state index contributed by atoms with van der Waals surface area (Å²) in [6, 6.07) is 11.8. The molecule has 2 atom stereocenters. The lowest BCUT2D eigenvalue weighted by Gasteiger charge is -2.22. The Kier molecular flexibility index (Phi) is 5.62. The van der Waals surface area contributed by atoms with Crippen molar-refractivity contribution in [2.75, 3.05) is 13.2 Å². The molecule has 0 aliphatic carbocycles. The Morgan fingerprint density at radius 3 is 2.65 bits per heavy atom. The fourth-order valence-electron chi connectivity index (χ4n) is 2.01. The average Bonchev–Trinajstić information content (AvgIpc) is 2.50. The Morgan fingerprint density at radius 2 is 1.96 bits per heavy atom. The maximum atomic E-state index is 10.8. The smallest absolute Gasteiger partial charge is 0.336 e. The van der Waals surface area contributed by atoms with E-state index in [2.05, 4.69) is 21.2 Å². The van der Waals surface area contributed by atoms with Gasteiger partial charge in [0, 0.05) is 17.1 Å². The van der Waals surface area contributed by atoms with Crippen LogP contribution in [0, 0.1) is 0 Å². The van der Waals surface area contributed by atoms with E-state index in [1.807, 2.05) is 43.3 Å². The maximum absolute atomic E-state index is 10.8. The van der Waals surface area contributed by atoms with Crippen molar-refractivity contribution >= 4 is 32.7 Å². The average molecular weight is 382 g/mol. The third-order valence-electron chi connectivity index (χ3n) is 3.53. The highest BCUT2D eigenvalue weighted by atomic mass is 79.9. The lowest BCUT2D eigenvalue weighted by molar-refractivity contribution is -0.156. The number of aliphatic hydroxyl groups is 1. The van der Waals surface area contributed by atoms with E-state index in [1.54, 1.807) is 0 Å². The molecule has 23 heavy (non-hydrogen) atoms. The summed E-state index contributed by atoms with van der Waals surface area (Å²) in [6.07, 6.45) is 0. The number of nitrogens with one attached hydrogen (secondary N) is 1. The predicted octanol–water partition coefficient (Wildman–Crippen LogP) is 2.79. The molecule has 0 fully saturated rings. The summed E-state index contributed by atoms with van der Waals surface area (Å²) in [4.78, 5) is 10.8. The summed E-state index contributed by atoms with van der Waals surface area (Å²) >= 11 is 3.44. The predicted molar refractivity (Wildman–Crippen MR) is 92.9 cm³/mol. The number of carboxylic acid groups (broad SMARTS) is 1. The van der Waals surface area contributed by atoms with Crippen LogP contribution < -0.4 is 10.1 Å².